The van der Waals surface area contributed by atoms with Crippen molar-refractivity contribution in [2.75, 3.05) is 44.7 Å². The highest BCUT2D eigenvalue weighted by Gasteiger charge is 2.24. The Hall–Kier alpha value is -1.27. The van der Waals surface area contributed by atoms with Crippen molar-refractivity contribution >= 4 is 27.6 Å². The number of rotatable bonds is 4. The summed E-state index contributed by atoms with van der Waals surface area (Å²) in [6.45, 7) is 4.84. The highest BCUT2D eigenvalue weighted by molar-refractivity contribution is 9.10. The Labute approximate surface area is 146 Å². The third-order valence-electron chi connectivity index (χ3n) is 4.76. The van der Waals surface area contributed by atoms with E-state index in [9.17, 15) is 4.79 Å². The van der Waals surface area contributed by atoms with Crippen LogP contribution in [-0.4, -0.2) is 56.7 Å². The molecular weight excluding hydrogens is 356 g/mol. The number of nitrogens with zero attached hydrogens (tertiary/aromatic N) is 2. The lowest BCUT2D eigenvalue weighted by molar-refractivity contribution is 0.235. The maximum Gasteiger partial charge on any atom is 0.315 e. The molecular formula is C17H25BrN4O. The number of urea groups is 1. The van der Waals surface area contributed by atoms with Crippen molar-refractivity contribution in [3.05, 3.63) is 28.7 Å². The highest BCUT2D eigenvalue weighted by Crippen LogP contribution is 2.24. The fourth-order valence-corrected chi connectivity index (χ4v) is 3.68. The number of halogens is 1. The van der Waals surface area contributed by atoms with Crippen molar-refractivity contribution < 1.29 is 4.79 Å². The van der Waals surface area contributed by atoms with E-state index in [1.807, 2.05) is 0 Å². The van der Waals surface area contributed by atoms with E-state index >= 15 is 0 Å². The van der Waals surface area contributed by atoms with Crippen molar-refractivity contribution in [2.45, 2.75) is 18.9 Å². The fraction of sp³-hybridized carbons (Fsp3) is 0.588. The van der Waals surface area contributed by atoms with Gasteiger partial charge in [0.2, 0.25) is 0 Å². The summed E-state index contributed by atoms with van der Waals surface area (Å²) in [4.78, 5) is 16.6. The minimum Gasteiger partial charge on any atom is -0.371 e. The molecule has 0 bridgehead atoms. The molecule has 6 heteroatoms. The lowest BCUT2D eigenvalue weighted by Gasteiger charge is -2.19. The molecule has 2 heterocycles. The molecule has 0 spiro atoms. The van der Waals surface area contributed by atoms with Crippen LogP contribution in [0, 0.1) is 5.92 Å². The van der Waals surface area contributed by atoms with Crippen molar-refractivity contribution in [3.63, 3.8) is 0 Å². The second kappa shape index (κ2) is 7.53. The summed E-state index contributed by atoms with van der Waals surface area (Å²) in [5, 5.41) is 6.12. The lowest BCUT2D eigenvalue weighted by atomic mass is 10.1. The molecule has 2 amide bonds. The monoisotopic (exact) mass is 380 g/mol. The number of benzene rings is 1. The minimum absolute atomic E-state index is 0.0209. The Bertz CT molecular complexity index is 536. The van der Waals surface area contributed by atoms with Gasteiger partial charge in [-0.25, -0.2) is 4.79 Å². The van der Waals surface area contributed by atoms with Gasteiger partial charge in [-0.2, -0.15) is 0 Å². The Kier molecular flexibility index (Phi) is 5.43. The van der Waals surface area contributed by atoms with E-state index in [0.717, 1.165) is 50.0 Å². The molecule has 5 nitrogen and oxygen atoms in total. The molecule has 1 aromatic rings. The number of anilines is 1. The zero-order valence-electron chi connectivity index (χ0n) is 13.6. The number of hydrogen-bond acceptors (Lipinski definition) is 3. The van der Waals surface area contributed by atoms with Crippen LogP contribution >= 0.6 is 15.9 Å². The first-order chi connectivity index (χ1) is 11.1. The molecule has 2 saturated heterocycles. The first-order valence-corrected chi connectivity index (χ1v) is 9.13. The normalized spacial score (nSPS) is 24.9. The molecule has 2 aliphatic rings. The summed E-state index contributed by atoms with van der Waals surface area (Å²) in [5.74, 6) is 0.524. The predicted octanol–water partition coefficient (Wildman–Crippen LogP) is 2.28. The lowest BCUT2D eigenvalue weighted by Crippen LogP contribution is -2.44. The SMILES string of the molecule is CN1CC[C@H](NC(=O)NC[C@H]2CCN(c3ccc(Br)cc3)C2)C1. The quantitative estimate of drug-likeness (QED) is 0.842. The molecule has 2 atom stereocenters. The van der Waals surface area contributed by atoms with Crippen molar-refractivity contribution in [2.24, 2.45) is 5.92 Å². The van der Waals surface area contributed by atoms with E-state index in [1.54, 1.807) is 0 Å². The third-order valence-corrected chi connectivity index (χ3v) is 5.28. The Morgan fingerprint density at radius 2 is 2.00 bits per heavy atom. The fourth-order valence-electron chi connectivity index (χ4n) is 3.41. The van der Waals surface area contributed by atoms with Crippen LogP contribution in [0.3, 0.4) is 0 Å². The summed E-state index contributed by atoms with van der Waals surface area (Å²) in [5.41, 5.74) is 1.26. The van der Waals surface area contributed by atoms with Crippen molar-refractivity contribution in [1.82, 2.24) is 15.5 Å². The van der Waals surface area contributed by atoms with Crippen LogP contribution in [0.4, 0.5) is 10.5 Å². The Morgan fingerprint density at radius 3 is 2.70 bits per heavy atom. The van der Waals surface area contributed by atoms with Crippen LogP contribution < -0.4 is 15.5 Å². The van der Waals surface area contributed by atoms with Gasteiger partial charge in [0.1, 0.15) is 0 Å². The van der Waals surface area contributed by atoms with E-state index in [2.05, 4.69) is 67.7 Å². The zero-order valence-corrected chi connectivity index (χ0v) is 15.2. The summed E-state index contributed by atoms with van der Waals surface area (Å²) in [7, 11) is 2.09. The standard InChI is InChI=1S/C17H25BrN4O/c1-21-8-7-15(12-21)20-17(23)19-10-13-6-9-22(11-13)16-4-2-14(18)3-5-16/h2-5,13,15H,6-12H2,1H3,(H2,19,20,23)/t13-,15+/m1/s1. The first-order valence-electron chi connectivity index (χ1n) is 8.33. The van der Waals surface area contributed by atoms with Gasteiger partial charge in [-0.1, -0.05) is 15.9 Å². The summed E-state index contributed by atoms with van der Waals surface area (Å²) >= 11 is 3.47. The van der Waals surface area contributed by atoms with Gasteiger partial charge in [0, 0.05) is 42.4 Å². The second-order valence-corrected chi connectivity index (χ2v) is 7.60. The van der Waals surface area contributed by atoms with Gasteiger partial charge in [-0.15, -0.1) is 0 Å². The van der Waals surface area contributed by atoms with Crippen LogP contribution in [0.2, 0.25) is 0 Å². The molecule has 2 aliphatic heterocycles. The first kappa shape index (κ1) is 16.6. The van der Waals surface area contributed by atoms with Crippen molar-refractivity contribution in [3.8, 4) is 0 Å². The van der Waals surface area contributed by atoms with Gasteiger partial charge in [-0.05, 0) is 56.6 Å². The van der Waals surface area contributed by atoms with Crippen LogP contribution in [-0.2, 0) is 0 Å². The van der Waals surface area contributed by atoms with Crippen LogP contribution in [0.1, 0.15) is 12.8 Å². The minimum atomic E-state index is -0.0209. The smallest absolute Gasteiger partial charge is 0.315 e. The van der Waals surface area contributed by atoms with Gasteiger partial charge in [0.15, 0.2) is 0 Å². The molecule has 2 fully saturated rings. The second-order valence-electron chi connectivity index (χ2n) is 6.68. The van der Waals surface area contributed by atoms with Gasteiger partial charge < -0.3 is 20.4 Å². The predicted molar refractivity (Wildman–Crippen MR) is 96.9 cm³/mol. The molecule has 1 aromatic carbocycles. The van der Waals surface area contributed by atoms with E-state index in [4.69, 9.17) is 0 Å². The van der Waals surface area contributed by atoms with Gasteiger partial charge in [0.05, 0.1) is 0 Å². The Morgan fingerprint density at radius 1 is 1.22 bits per heavy atom. The number of carbonyl (C=O) groups is 1. The van der Waals surface area contributed by atoms with Crippen LogP contribution in [0.5, 0.6) is 0 Å². The van der Waals surface area contributed by atoms with Crippen LogP contribution in [0.15, 0.2) is 28.7 Å². The van der Waals surface area contributed by atoms with Gasteiger partial charge >= 0.3 is 6.03 Å². The number of likely N-dealkylation sites (N-methyl/N-ethyl adjacent to an activating group) is 1. The summed E-state index contributed by atoms with van der Waals surface area (Å²) in [6, 6.07) is 8.71. The third kappa shape index (κ3) is 4.61. The molecule has 2 N–H and O–H groups in total. The number of amides is 2. The van der Waals surface area contributed by atoms with Crippen LogP contribution in [0.25, 0.3) is 0 Å². The molecule has 0 unspecified atom stereocenters. The topological polar surface area (TPSA) is 47.6 Å². The Balaban J connectivity index is 1.40. The average Bonchev–Trinajstić information content (AvgIpc) is 3.15. The number of hydrogen-bond donors (Lipinski definition) is 2. The van der Waals surface area contributed by atoms with Gasteiger partial charge in [0.25, 0.3) is 0 Å². The summed E-state index contributed by atoms with van der Waals surface area (Å²) in [6.07, 6.45) is 2.17. The molecule has 3 rings (SSSR count). The number of nitrogens with one attached hydrogen (secondary N) is 2. The van der Waals surface area contributed by atoms with E-state index in [-0.39, 0.29) is 6.03 Å². The van der Waals surface area contributed by atoms with E-state index in [0.29, 0.717) is 12.0 Å². The molecule has 0 aromatic heterocycles. The number of carbonyl (C=O) groups excluding carboxylic acids is 1. The average molecular weight is 381 g/mol. The highest BCUT2D eigenvalue weighted by atomic mass is 79.9. The van der Waals surface area contributed by atoms with E-state index in [1.165, 1.54) is 5.69 Å². The maximum absolute atomic E-state index is 12.0. The largest absolute Gasteiger partial charge is 0.371 e. The molecule has 0 aliphatic carbocycles. The zero-order chi connectivity index (χ0) is 16.2. The maximum atomic E-state index is 12.0. The van der Waals surface area contributed by atoms with Crippen molar-refractivity contribution in [1.29, 1.82) is 0 Å². The molecule has 0 radical (unpaired) electrons. The molecule has 23 heavy (non-hydrogen) atoms. The number of likely N-dealkylation sites (tertiary alicyclic amines) is 1. The summed E-state index contributed by atoms with van der Waals surface area (Å²) < 4.78 is 1.10. The molecule has 0 saturated carbocycles. The van der Waals surface area contributed by atoms with Gasteiger partial charge in [-0.3, -0.25) is 0 Å². The molecule has 126 valence electrons. The van der Waals surface area contributed by atoms with E-state index < -0.39 is 0 Å².